The highest BCUT2D eigenvalue weighted by Crippen LogP contribution is 2.34. The van der Waals surface area contributed by atoms with Gasteiger partial charge in [-0.2, -0.15) is 0 Å². The molecule has 1 aliphatic heterocycles. The Balaban J connectivity index is 1.69. The molecule has 3 N–H and O–H groups in total. The second-order valence-corrected chi connectivity index (χ2v) is 5.53. The highest BCUT2D eigenvalue weighted by Gasteiger charge is 2.30. The maximum Gasteiger partial charge on any atom is 0.0700 e. The van der Waals surface area contributed by atoms with E-state index in [1.807, 2.05) is 0 Å². The van der Waals surface area contributed by atoms with Gasteiger partial charge in [-0.15, -0.1) is 0 Å². The molecule has 0 aromatic carbocycles. The molecule has 0 radical (unpaired) electrons. The molecular weight excluding hydrogens is 200 g/mol. The van der Waals surface area contributed by atoms with Crippen LogP contribution in [0.1, 0.15) is 44.9 Å². The Morgan fingerprint density at radius 3 is 2.62 bits per heavy atom. The minimum atomic E-state index is 0.386. The number of rotatable bonds is 5. The second kappa shape index (κ2) is 5.99. The van der Waals surface area contributed by atoms with Gasteiger partial charge in [0.05, 0.1) is 6.10 Å². The quantitative estimate of drug-likeness (QED) is 0.749. The largest absolute Gasteiger partial charge is 0.377 e. The first-order valence-electron chi connectivity index (χ1n) is 6.87. The van der Waals surface area contributed by atoms with Gasteiger partial charge in [-0.1, -0.05) is 19.3 Å². The topological polar surface area (TPSA) is 47.3 Å². The lowest BCUT2D eigenvalue weighted by Crippen LogP contribution is -2.43. The molecule has 2 fully saturated rings. The van der Waals surface area contributed by atoms with Gasteiger partial charge in [0.15, 0.2) is 0 Å². The van der Waals surface area contributed by atoms with Crippen molar-refractivity contribution in [1.29, 1.82) is 0 Å². The van der Waals surface area contributed by atoms with Crippen molar-refractivity contribution in [2.45, 2.75) is 51.0 Å². The molecule has 2 rings (SSSR count). The molecule has 0 spiro atoms. The molecular formula is C13H26N2O. The van der Waals surface area contributed by atoms with E-state index in [2.05, 4.69) is 5.32 Å². The summed E-state index contributed by atoms with van der Waals surface area (Å²) in [4.78, 5) is 0. The molecule has 94 valence electrons. The lowest BCUT2D eigenvalue weighted by Gasteiger charge is -2.36. The van der Waals surface area contributed by atoms with E-state index in [1.165, 1.54) is 44.9 Å². The zero-order valence-electron chi connectivity index (χ0n) is 10.3. The van der Waals surface area contributed by atoms with Crippen molar-refractivity contribution >= 4 is 0 Å². The molecule has 2 aliphatic rings. The van der Waals surface area contributed by atoms with Crippen LogP contribution in [0.2, 0.25) is 0 Å². The van der Waals surface area contributed by atoms with Crippen LogP contribution in [-0.2, 0) is 4.74 Å². The Bertz CT molecular complexity index is 196. The predicted octanol–water partition coefficient (Wildman–Crippen LogP) is 1.66. The van der Waals surface area contributed by atoms with Gasteiger partial charge in [-0.05, 0) is 37.6 Å². The third-order valence-corrected chi connectivity index (χ3v) is 4.24. The molecule has 1 atom stereocenters. The molecule has 16 heavy (non-hydrogen) atoms. The highest BCUT2D eigenvalue weighted by molar-refractivity contribution is 4.86. The van der Waals surface area contributed by atoms with Crippen molar-refractivity contribution in [3.05, 3.63) is 0 Å². The summed E-state index contributed by atoms with van der Waals surface area (Å²) in [6.45, 7) is 3.89. The molecule has 0 aromatic heterocycles. The minimum Gasteiger partial charge on any atom is -0.377 e. The van der Waals surface area contributed by atoms with Gasteiger partial charge in [0.25, 0.3) is 0 Å². The summed E-state index contributed by atoms with van der Waals surface area (Å²) in [7, 11) is 0. The number of hydrogen-bond donors (Lipinski definition) is 2. The molecule has 0 aromatic rings. The van der Waals surface area contributed by atoms with Crippen LogP contribution in [0.5, 0.6) is 0 Å². The number of nitrogens with one attached hydrogen (secondary N) is 1. The lowest BCUT2D eigenvalue weighted by molar-refractivity contribution is 0.103. The maximum atomic E-state index is 5.96. The Morgan fingerprint density at radius 1 is 1.19 bits per heavy atom. The molecule has 1 aliphatic carbocycles. The van der Waals surface area contributed by atoms with Crippen molar-refractivity contribution < 1.29 is 4.74 Å². The van der Waals surface area contributed by atoms with E-state index in [1.54, 1.807) is 0 Å². The summed E-state index contributed by atoms with van der Waals surface area (Å²) in [5, 5.41) is 3.58. The summed E-state index contributed by atoms with van der Waals surface area (Å²) in [6.07, 6.45) is 9.64. The van der Waals surface area contributed by atoms with E-state index in [0.29, 0.717) is 11.5 Å². The fourth-order valence-electron chi connectivity index (χ4n) is 3.06. The highest BCUT2D eigenvalue weighted by atomic mass is 16.5. The van der Waals surface area contributed by atoms with Crippen molar-refractivity contribution in [3.8, 4) is 0 Å². The minimum absolute atomic E-state index is 0.386. The smallest absolute Gasteiger partial charge is 0.0700 e. The zero-order valence-corrected chi connectivity index (χ0v) is 10.3. The molecule has 3 heteroatoms. The van der Waals surface area contributed by atoms with Crippen LogP contribution in [0, 0.1) is 5.41 Å². The van der Waals surface area contributed by atoms with Gasteiger partial charge in [0, 0.05) is 19.7 Å². The van der Waals surface area contributed by atoms with Crippen molar-refractivity contribution in [2.24, 2.45) is 11.1 Å². The van der Waals surface area contributed by atoms with E-state index in [9.17, 15) is 0 Å². The van der Waals surface area contributed by atoms with Crippen LogP contribution in [0.15, 0.2) is 0 Å². The Labute approximate surface area is 99.1 Å². The van der Waals surface area contributed by atoms with E-state index < -0.39 is 0 Å². The van der Waals surface area contributed by atoms with E-state index >= 15 is 0 Å². The first-order chi connectivity index (χ1) is 7.85. The lowest BCUT2D eigenvalue weighted by atomic mass is 9.74. The van der Waals surface area contributed by atoms with E-state index in [0.717, 1.165) is 26.2 Å². The van der Waals surface area contributed by atoms with Crippen LogP contribution in [0.4, 0.5) is 0 Å². The molecule has 1 saturated carbocycles. The SMILES string of the molecule is NCC1(CNCC2CCCO2)CCCCC1. The number of nitrogens with two attached hydrogens (primary N) is 1. The van der Waals surface area contributed by atoms with Crippen LogP contribution in [-0.4, -0.2) is 32.3 Å². The molecule has 0 amide bonds. The number of ether oxygens (including phenoxy) is 1. The predicted molar refractivity (Wildman–Crippen MR) is 66.4 cm³/mol. The monoisotopic (exact) mass is 226 g/mol. The zero-order chi connectivity index (χ0) is 11.3. The Morgan fingerprint density at radius 2 is 2.00 bits per heavy atom. The summed E-state index contributed by atoms with van der Waals surface area (Å²) in [5.41, 5.74) is 6.35. The van der Waals surface area contributed by atoms with Gasteiger partial charge in [-0.3, -0.25) is 0 Å². The van der Waals surface area contributed by atoms with Gasteiger partial charge in [-0.25, -0.2) is 0 Å². The summed E-state index contributed by atoms with van der Waals surface area (Å²) >= 11 is 0. The summed E-state index contributed by atoms with van der Waals surface area (Å²) in [5.74, 6) is 0. The van der Waals surface area contributed by atoms with Gasteiger partial charge in [0.1, 0.15) is 0 Å². The van der Waals surface area contributed by atoms with Gasteiger partial charge in [0.2, 0.25) is 0 Å². The molecule has 1 heterocycles. The van der Waals surface area contributed by atoms with Crippen molar-refractivity contribution in [1.82, 2.24) is 5.32 Å². The van der Waals surface area contributed by atoms with Gasteiger partial charge < -0.3 is 15.8 Å². The van der Waals surface area contributed by atoms with Crippen LogP contribution in [0.25, 0.3) is 0 Å². The second-order valence-electron chi connectivity index (χ2n) is 5.53. The Hall–Kier alpha value is -0.120. The molecule has 3 nitrogen and oxygen atoms in total. The first kappa shape index (κ1) is 12.3. The molecule has 1 saturated heterocycles. The van der Waals surface area contributed by atoms with Crippen molar-refractivity contribution in [3.63, 3.8) is 0 Å². The van der Waals surface area contributed by atoms with E-state index in [-0.39, 0.29) is 0 Å². The summed E-state index contributed by atoms with van der Waals surface area (Å²) < 4.78 is 5.62. The number of hydrogen-bond acceptors (Lipinski definition) is 3. The first-order valence-corrected chi connectivity index (χ1v) is 6.87. The molecule has 0 bridgehead atoms. The van der Waals surface area contributed by atoms with Crippen LogP contribution >= 0.6 is 0 Å². The van der Waals surface area contributed by atoms with E-state index in [4.69, 9.17) is 10.5 Å². The maximum absolute atomic E-state index is 5.96. The van der Waals surface area contributed by atoms with Crippen molar-refractivity contribution in [2.75, 3.05) is 26.2 Å². The third kappa shape index (κ3) is 3.19. The third-order valence-electron chi connectivity index (χ3n) is 4.24. The summed E-state index contributed by atoms with van der Waals surface area (Å²) in [6, 6.07) is 0. The molecule has 1 unspecified atom stereocenters. The van der Waals surface area contributed by atoms with Crippen LogP contribution in [0.3, 0.4) is 0 Å². The normalized spacial score (nSPS) is 29.4. The Kier molecular flexibility index (Phi) is 4.62. The fourth-order valence-corrected chi connectivity index (χ4v) is 3.06. The standard InChI is InChI=1S/C13H26N2O/c14-10-13(6-2-1-3-7-13)11-15-9-12-5-4-8-16-12/h12,15H,1-11,14H2. The fraction of sp³-hybridized carbons (Fsp3) is 1.00. The average molecular weight is 226 g/mol. The van der Waals surface area contributed by atoms with Gasteiger partial charge >= 0.3 is 0 Å². The average Bonchev–Trinajstić information content (AvgIpc) is 2.83. The van der Waals surface area contributed by atoms with Crippen LogP contribution < -0.4 is 11.1 Å².